The summed E-state index contributed by atoms with van der Waals surface area (Å²) in [7, 11) is 0. The van der Waals surface area contributed by atoms with Gasteiger partial charge >= 0.3 is 17.9 Å². The Morgan fingerprint density at radius 3 is 0.935 bits per heavy atom. The van der Waals surface area contributed by atoms with Crippen molar-refractivity contribution in [2.24, 2.45) is 17.8 Å². The highest BCUT2D eigenvalue weighted by molar-refractivity contribution is 5.71. The Bertz CT molecular complexity index is 717. The predicted molar refractivity (Wildman–Crippen MR) is 192 cm³/mol. The molecule has 0 N–H and O–H groups in total. The van der Waals surface area contributed by atoms with E-state index in [1.807, 2.05) is 0 Å². The quantitative estimate of drug-likeness (QED) is 0.0399. The third-order valence-electron chi connectivity index (χ3n) is 8.65. The molecular formula is C40H76O6. The van der Waals surface area contributed by atoms with Crippen molar-refractivity contribution in [2.45, 2.75) is 208 Å². The van der Waals surface area contributed by atoms with Crippen molar-refractivity contribution >= 4 is 17.9 Å². The Kier molecular flexibility index (Phi) is 30.9. The number of carbonyl (C=O) groups excluding carboxylic acids is 3. The fourth-order valence-corrected chi connectivity index (χ4v) is 5.64. The van der Waals surface area contributed by atoms with Crippen LogP contribution in [0.25, 0.3) is 0 Å². The lowest BCUT2D eigenvalue weighted by molar-refractivity contribution is -0.167. The van der Waals surface area contributed by atoms with Crippen LogP contribution in [0.15, 0.2) is 0 Å². The molecule has 0 saturated carbocycles. The Balaban J connectivity index is 4.38. The van der Waals surface area contributed by atoms with E-state index >= 15 is 0 Å². The molecule has 0 fully saturated rings. The van der Waals surface area contributed by atoms with Crippen molar-refractivity contribution in [3.8, 4) is 0 Å². The lowest BCUT2D eigenvalue weighted by Gasteiger charge is -2.18. The Morgan fingerprint density at radius 2 is 0.630 bits per heavy atom. The van der Waals surface area contributed by atoms with Gasteiger partial charge in [-0.3, -0.25) is 14.4 Å². The minimum atomic E-state index is -0.761. The first kappa shape index (κ1) is 44.4. The van der Waals surface area contributed by atoms with Crippen LogP contribution in [0.1, 0.15) is 202 Å². The van der Waals surface area contributed by atoms with Gasteiger partial charge in [-0.15, -0.1) is 0 Å². The molecule has 0 aliphatic carbocycles. The molecule has 0 heterocycles. The summed E-state index contributed by atoms with van der Waals surface area (Å²) in [5.41, 5.74) is 0. The number of carbonyl (C=O) groups is 3. The van der Waals surface area contributed by atoms with Crippen LogP contribution < -0.4 is 0 Å². The number of rotatable bonds is 33. The van der Waals surface area contributed by atoms with Crippen molar-refractivity contribution in [3.05, 3.63) is 0 Å². The minimum absolute atomic E-state index is 0.0695. The van der Waals surface area contributed by atoms with Crippen LogP contribution in [0.3, 0.4) is 0 Å². The largest absolute Gasteiger partial charge is 0.462 e. The fourth-order valence-electron chi connectivity index (χ4n) is 5.64. The summed E-state index contributed by atoms with van der Waals surface area (Å²) in [6.07, 6.45) is 25.5. The first-order chi connectivity index (χ1) is 22.1. The summed E-state index contributed by atoms with van der Waals surface area (Å²) in [6, 6.07) is 0. The minimum Gasteiger partial charge on any atom is -0.462 e. The van der Waals surface area contributed by atoms with Crippen LogP contribution in [0.4, 0.5) is 0 Å². The molecule has 272 valence electrons. The highest BCUT2D eigenvalue weighted by atomic mass is 16.6. The second kappa shape index (κ2) is 32.0. The third kappa shape index (κ3) is 33.8. The van der Waals surface area contributed by atoms with Crippen LogP contribution >= 0.6 is 0 Å². The summed E-state index contributed by atoms with van der Waals surface area (Å²) in [5.74, 6) is 1.42. The predicted octanol–water partition coefficient (Wildman–Crippen LogP) is 11.7. The smallest absolute Gasteiger partial charge is 0.306 e. The molecule has 0 unspecified atom stereocenters. The molecule has 0 spiro atoms. The van der Waals surface area contributed by atoms with Crippen molar-refractivity contribution < 1.29 is 28.6 Å². The third-order valence-corrected chi connectivity index (χ3v) is 8.65. The molecule has 0 aromatic carbocycles. The second-order valence-electron chi connectivity index (χ2n) is 15.0. The Labute approximate surface area is 285 Å². The molecule has 6 nitrogen and oxygen atoms in total. The standard InChI is InChI=1S/C40H76O6/c1-34(2)26-20-14-8-7-9-17-23-29-38(41)44-32-37(46-40(43)31-25-19-13-11-16-22-28-36(5)6)33-45-39(42)30-24-18-12-10-15-21-27-35(3)4/h34-37H,7-33H2,1-6H3/t37-/m0/s1. The highest BCUT2D eigenvalue weighted by Crippen LogP contribution is 2.15. The molecule has 0 aromatic heterocycles. The summed E-state index contributed by atoms with van der Waals surface area (Å²) < 4.78 is 16.6. The number of hydrogen-bond acceptors (Lipinski definition) is 6. The molecule has 0 bridgehead atoms. The van der Waals surface area contributed by atoms with Crippen LogP contribution in [0.5, 0.6) is 0 Å². The van der Waals surface area contributed by atoms with Crippen molar-refractivity contribution in [3.63, 3.8) is 0 Å². The molecule has 0 saturated heterocycles. The number of unbranched alkanes of at least 4 members (excludes halogenated alkanes) is 16. The summed E-state index contributed by atoms with van der Waals surface area (Å²) >= 11 is 0. The zero-order chi connectivity index (χ0) is 34.3. The first-order valence-corrected chi connectivity index (χ1v) is 19.6. The topological polar surface area (TPSA) is 78.9 Å². The zero-order valence-electron chi connectivity index (χ0n) is 31.4. The maximum Gasteiger partial charge on any atom is 0.306 e. The fraction of sp³-hybridized carbons (Fsp3) is 0.925. The molecule has 1 atom stereocenters. The Hall–Kier alpha value is -1.59. The van der Waals surface area contributed by atoms with Gasteiger partial charge in [0.25, 0.3) is 0 Å². The van der Waals surface area contributed by atoms with E-state index in [2.05, 4.69) is 41.5 Å². The first-order valence-electron chi connectivity index (χ1n) is 19.6. The van der Waals surface area contributed by atoms with Crippen molar-refractivity contribution in [1.29, 1.82) is 0 Å². The lowest BCUT2D eigenvalue weighted by Crippen LogP contribution is -2.30. The van der Waals surface area contributed by atoms with Gasteiger partial charge in [-0.25, -0.2) is 0 Å². The van der Waals surface area contributed by atoms with E-state index in [0.717, 1.165) is 75.5 Å². The van der Waals surface area contributed by atoms with E-state index in [-0.39, 0.29) is 31.1 Å². The van der Waals surface area contributed by atoms with Gasteiger partial charge in [0.2, 0.25) is 0 Å². The van der Waals surface area contributed by atoms with Gasteiger partial charge in [-0.1, -0.05) is 164 Å². The molecule has 0 aliphatic heterocycles. The summed E-state index contributed by atoms with van der Waals surface area (Å²) in [6.45, 7) is 13.5. The Morgan fingerprint density at radius 1 is 0.370 bits per heavy atom. The second-order valence-corrected chi connectivity index (χ2v) is 15.0. The molecule has 0 rings (SSSR count). The van der Waals surface area contributed by atoms with Crippen molar-refractivity contribution in [1.82, 2.24) is 0 Å². The number of esters is 3. The maximum atomic E-state index is 12.6. The summed E-state index contributed by atoms with van der Waals surface area (Å²) in [5, 5.41) is 0. The van der Waals surface area contributed by atoms with Gasteiger partial charge in [0, 0.05) is 19.3 Å². The number of hydrogen-bond donors (Lipinski definition) is 0. The molecule has 46 heavy (non-hydrogen) atoms. The van der Waals surface area contributed by atoms with Gasteiger partial charge < -0.3 is 14.2 Å². The van der Waals surface area contributed by atoms with E-state index in [4.69, 9.17) is 14.2 Å². The van der Waals surface area contributed by atoms with E-state index < -0.39 is 6.10 Å². The molecule has 6 heteroatoms. The van der Waals surface area contributed by atoms with E-state index in [1.165, 1.54) is 83.5 Å². The van der Waals surface area contributed by atoms with Crippen LogP contribution in [0.2, 0.25) is 0 Å². The van der Waals surface area contributed by atoms with Gasteiger partial charge in [0.1, 0.15) is 13.2 Å². The van der Waals surface area contributed by atoms with Crippen LogP contribution in [0, 0.1) is 17.8 Å². The van der Waals surface area contributed by atoms with E-state index in [9.17, 15) is 14.4 Å². The average Bonchev–Trinajstić information content (AvgIpc) is 2.99. The summed E-state index contributed by atoms with van der Waals surface area (Å²) in [4.78, 5) is 37.4. The van der Waals surface area contributed by atoms with E-state index in [0.29, 0.717) is 19.3 Å². The van der Waals surface area contributed by atoms with Gasteiger partial charge in [0.05, 0.1) is 0 Å². The van der Waals surface area contributed by atoms with Gasteiger partial charge in [0.15, 0.2) is 6.10 Å². The molecule has 0 aromatic rings. The SMILES string of the molecule is CC(C)CCCCCCCCCC(=O)OC[C@@H](COC(=O)CCCCCCCCC(C)C)OC(=O)CCCCCCCCC(C)C. The van der Waals surface area contributed by atoms with Gasteiger partial charge in [-0.2, -0.15) is 0 Å². The molecule has 0 aliphatic rings. The molecule has 0 amide bonds. The van der Waals surface area contributed by atoms with E-state index in [1.54, 1.807) is 0 Å². The lowest BCUT2D eigenvalue weighted by atomic mass is 10.0. The monoisotopic (exact) mass is 653 g/mol. The molecular weight excluding hydrogens is 576 g/mol. The molecule has 0 radical (unpaired) electrons. The number of ether oxygens (including phenoxy) is 3. The van der Waals surface area contributed by atoms with Crippen LogP contribution in [-0.4, -0.2) is 37.2 Å². The zero-order valence-corrected chi connectivity index (χ0v) is 31.4. The van der Waals surface area contributed by atoms with Crippen molar-refractivity contribution in [2.75, 3.05) is 13.2 Å². The highest BCUT2D eigenvalue weighted by Gasteiger charge is 2.19. The van der Waals surface area contributed by atoms with Gasteiger partial charge in [-0.05, 0) is 37.0 Å². The maximum absolute atomic E-state index is 12.6. The van der Waals surface area contributed by atoms with Crippen LogP contribution in [-0.2, 0) is 28.6 Å². The average molecular weight is 653 g/mol. The normalized spacial score (nSPS) is 12.2.